The molecule has 0 spiro atoms. The second-order valence-electron chi connectivity index (χ2n) is 8.23. The highest BCUT2D eigenvalue weighted by molar-refractivity contribution is 5.88. The molecule has 0 unspecified atom stereocenters. The number of rotatable bonds is 9. The summed E-state index contributed by atoms with van der Waals surface area (Å²) in [6.45, 7) is 6.16. The molecule has 0 fully saturated rings. The molecular formula is C21H28F3N3O5. The van der Waals surface area contributed by atoms with Crippen molar-refractivity contribution in [3.05, 3.63) is 48.0 Å². The Kier molecular flexibility index (Phi) is 9.40. The molecule has 0 radical (unpaired) electrons. The Morgan fingerprint density at radius 2 is 1.66 bits per heavy atom. The van der Waals surface area contributed by atoms with Gasteiger partial charge < -0.3 is 14.9 Å². The molecule has 0 heterocycles. The molecule has 1 rings (SSSR count). The second kappa shape index (κ2) is 11.1. The molecule has 0 saturated carbocycles. The average Bonchev–Trinajstić information content (AvgIpc) is 2.65. The van der Waals surface area contributed by atoms with E-state index < -0.39 is 41.3 Å². The second-order valence-corrected chi connectivity index (χ2v) is 8.23. The van der Waals surface area contributed by atoms with Crippen LogP contribution in [0.1, 0.15) is 39.7 Å². The van der Waals surface area contributed by atoms with Gasteiger partial charge in [-0.2, -0.15) is 13.2 Å². The number of nitrogens with one attached hydrogen (secondary N) is 2. The van der Waals surface area contributed by atoms with Crippen molar-refractivity contribution in [1.29, 1.82) is 0 Å². The molecule has 0 aliphatic carbocycles. The van der Waals surface area contributed by atoms with Crippen molar-refractivity contribution in [2.24, 2.45) is 5.73 Å². The monoisotopic (exact) mass is 459 g/mol. The first kappa shape index (κ1) is 27.1. The Morgan fingerprint density at radius 1 is 1.06 bits per heavy atom. The van der Waals surface area contributed by atoms with Crippen LogP contribution in [0, 0.1) is 0 Å². The van der Waals surface area contributed by atoms with Gasteiger partial charge in [-0.25, -0.2) is 9.59 Å². The number of carbonyl (C=O) groups excluding carboxylic acids is 3. The van der Waals surface area contributed by atoms with E-state index in [-0.39, 0.29) is 0 Å². The number of aryl methyl sites for hydroxylation is 1. The summed E-state index contributed by atoms with van der Waals surface area (Å²) < 4.78 is 41.1. The lowest BCUT2D eigenvalue weighted by molar-refractivity contribution is -0.219. The van der Waals surface area contributed by atoms with E-state index >= 15 is 0 Å². The third-order valence-electron chi connectivity index (χ3n) is 3.81. The highest BCUT2D eigenvalue weighted by Gasteiger charge is 2.47. The van der Waals surface area contributed by atoms with Gasteiger partial charge in [0, 0.05) is 18.5 Å². The number of ether oxygens (including phenoxy) is 1. The van der Waals surface area contributed by atoms with Crippen LogP contribution in [0.15, 0.2) is 42.5 Å². The van der Waals surface area contributed by atoms with Crippen molar-refractivity contribution in [2.75, 3.05) is 0 Å². The van der Waals surface area contributed by atoms with Gasteiger partial charge in [-0.1, -0.05) is 36.4 Å². The Labute approximate surface area is 184 Å². The molecule has 178 valence electrons. The van der Waals surface area contributed by atoms with Crippen LogP contribution in [0.3, 0.4) is 0 Å². The summed E-state index contributed by atoms with van der Waals surface area (Å²) in [7, 11) is 0. The zero-order chi connectivity index (χ0) is 24.6. The number of hydrogen-bond acceptors (Lipinski definition) is 7. The van der Waals surface area contributed by atoms with E-state index in [1.165, 1.54) is 12.2 Å². The van der Waals surface area contributed by atoms with Gasteiger partial charge in [0.2, 0.25) is 5.91 Å². The molecule has 1 amide bonds. The van der Waals surface area contributed by atoms with Crippen LogP contribution in [0.2, 0.25) is 0 Å². The summed E-state index contributed by atoms with van der Waals surface area (Å²) in [4.78, 5) is 39.8. The molecule has 11 heteroatoms. The number of amides is 1. The summed E-state index contributed by atoms with van der Waals surface area (Å²) in [5.74, 6) is -4.47. The first-order valence-electron chi connectivity index (χ1n) is 9.70. The third-order valence-corrected chi connectivity index (χ3v) is 3.81. The summed E-state index contributed by atoms with van der Waals surface area (Å²) >= 11 is 0. The number of esters is 1. The van der Waals surface area contributed by atoms with Gasteiger partial charge in [-0.3, -0.25) is 10.5 Å². The van der Waals surface area contributed by atoms with Gasteiger partial charge in [-0.05, 0) is 39.2 Å². The van der Waals surface area contributed by atoms with Crippen molar-refractivity contribution in [3.8, 4) is 0 Å². The fourth-order valence-corrected chi connectivity index (χ4v) is 2.30. The minimum Gasteiger partial charge on any atom is -0.426 e. The fraction of sp³-hybridized carbons (Fsp3) is 0.476. The number of hydrogen-bond donors (Lipinski definition) is 3. The smallest absolute Gasteiger partial charge is 0.426 e. The molecule has 0 aliphatic rings. The molecule has 4 N–H and O–H groups in total. The van der Waals surface area contributed by atoms with E-state index in [2.05, 4.69) is 15.5 Å². The van der Waals surface area contributed by atoms with Crippen LogP contribution in [0.5, 0.6) is 0 Å². The van der Waals surface area contributed by atoms with Crippen LogP contribution >= 0.6 is 0 Å². The zero-order valence-electron chi connectivity index (χ0n) is 18.3. The topological polar surface area (TPSA) is 120 Å². The minimum atomic E-state index is -5.32. The van der Waals surface area contributed by atoms with Gasteiger partial charge in [-0.15, -0.1) is 5.48 Å². The third kappa shape index (κ3) is 10.4. The van der Waals surface area contributed by atoms with Crippen LogP contribution in [-0.2, 0) is 30.4 Å². The molecule has 1 aromatic rings. The number of carbonyl (C=O) groups is 3. The van der Waals surface area contributed by atoms with Crippen molar-refractivity contribution in [3.63, 3.8) is 0 Å². The van der Waals surface area contributed by atoms with Crippen LogP contribution < -0.4 is 16.5 Å². The van der Waals surface area contributed by atoms with Gasteiger partial charge in [0.15, 0.2) is 0 Å². The number of hydroxylamine groups is 1. The molecule has 32 heavy (non-hydrogen) atoms. The van der Waals surface area contributed by atoms with Crippen molar-refractivity contribution >= 4 is 17.8 Å². The summed E-state index contributed by atoms with van der Waals surface area (Å²) in [6, 6.07) is 8.61. The van der Waals surface area contributed by atoms with Gasteiger partial charge >= 0.3 is 18.1 Å². The molecule has 2 atom stereocenters. The first-order chi connectivity index (χ1) is 14.6. The first-order valence-corrected chi connectivity index (χ1v) is 9.70. The lowest BCUT2D eigenvalue weighted by atomic mass is 10.1. The number of benzene rings is 1. The number of nitrogens with two attached hydrogens (primary N) is 1. The highest BCUT2D eigenvalue weighted by Crippen LogP contribution is 2.20. The normalized spacial score (nSPS) is 15.0. The lowest BCUT2D eigenvalue weighted by Gasteiger charge is -2.24. The quantitative estimate of drug-likeness (QED) is 0.224. The van der Waals surface area contributed by atoms with Crippen LogP contribution in [-0.4, -0.2) is 41.3 Å². The lowest BCUT2D eigenvalue weighted by Crippen LogP contribution is -2.53. The largest absolute Gasteiger partial charge is 0.491 e. The van der Waals surface area contributed by atoms with E-state index in [4.69, 9.17) is 10.6 Å². The van der Waals surface area contributed by atoms with Gasteiger partial charge in [0.1, 0.15) is 0 Å². The standard InChI is InChI=1S/C21H28F3N3O5/c1-19(2,3)26-16(28)13-12-15(11-10-14-8-6-5-7-9-14)27-32-17(29)20(4,25)31-18(30)21(22,23)24/h5-9,12-13,15,27H,10-11,25H2,1-4H3,(H,26,28)/b13-12+/t15-,20-/m0/s1. The Hall–Kier alpha value is -2.92. The van der Waals surface area contributed by atoms with Crippen LogP contribution in [0.4, 0.5) is 13.2 Å². The fourth-order valence-electron chi connectivity index (χ4n) is 2.30. The van der Waals surface area contributed by atoms with Crippen molar-refractivity contribution in [1.82, 2.24) is 10.8 Å². The molecular weight excluding hydrogens is 431 g/mol. The molecule has 0 bridgehead atoms. The molecule has 8 nitrogen and oxygen atoms in total. The maximum atomic E-state index is 12.4. The van der Waals surface area contributed by atoms with E-state index in [0.29, 0.717) is 12.8 Å². The molecule has 1 aromatic carbocycles. The Morgan fingerprint density at radius 3 is 2.19 bits per heavy atom. The molecule has 0 saturated heterocycles. The zero-order valence-corrected chi connectivity index (χ0v) is 18.3. The molecule has 0 aromatic heterocycles. The highest BCUT2D eigenvalue weighted by atomic mass is 19.4. The van der Waals surface area contributed by atoms with Crippen LogP contribution in [0.25, 0.3) is 0 Å². The van der Waals surface area contributed by atoms with E-state index in [0.717, 1.165) is 12.5 Å². The predicted octanol–water partition coefficient (Wildman–Crippen LogP) is 2.29. The number of alkyl halides is 3. The average molecular weight is 459 g/mol. The number of halogens is 3. The summed E-state index contributed by atoms with van der Waals surface area (Å²) in [5, 5.41) is 2.73. The van der Waals surface area contributed by atoms with Crippen molar-refractivity contribution in [2.45, 2.75) is 64.0 Å². The Balaban J connectivity index is 2.81. The Bertz CT molecular complexity index is 818. The van der Waals surface area contributed by atoms with Crippen molar-refractivity contribution < 1.29 is 37.1 Å². The summed E-state index contributed by atoms with van der Waals surface area (Å²) in [6.07, 6.45) is -1.75. The summed E-state index contributed by atoms with van der Waals surface area (Å²) in [5.41, 5.74) is 5.54. The maximum absolute atomic E-state index is 12.4. The van der Waals surface area contributed by atoms with E-state index in [1.807, 2.05) is 30.3 Å². The van der Waals surface area contributed by atoms with E-state index in [9.17, 15) is 27.6 Å². The van der Waals surface area contributed by atoms with Gasteiger partial charge in [0.25, 0.3) is 5.72 Å². The van der Waals surface area contributed by atoms with Gasteiger partial charge in [0.05, 0.1) is 6.04 Å². The molecule has 0 aliphatic heterocycles. The SMILES string of the molecule is CC(C)(C)NC(=O)/C=C/[C@H](CCc1ccccc1)NOC(=O)[C@@](C)(N)OC(=O)C(F)(F)F. The minimum absolute atomic E-state index is 0.361. The van der Waals surface area contributed by atoms with E-state index in [1.54, 1.807) is 20.8 Å². The predicted molar refractivity (Wildman–Crippen MR) is 110 cm³/mol. The maximum Gasteiger partial charge on any atom is 0.491 e.